The lowest BCUT2D eigenvalue weighted by atomic mass is 9.96. The third kappa shape index (κ3) is 2.77. The zero-order valence-electron chi connectivity index (χ0n) is 11.6. The lowest BCUT2D eigenvalue weighted by molar-refractivity contribution is 0.693. The Morgan fingerprint density at radius 3 is 2.14 bits per heavy atom. The largest absolute Gasteiger partial charge is 0.309 e. The molecule has 1 N–H and O–H groups in total. The van der Waals surface area contributed by atoms with E-state index in [0.29, 0.717) is 10.0 Å². The summed E-state index contributed by atoms with van der Waals surface area (Å²) >= 11 is 12.7. The first-order valence-corrected chi connectivity index (χ1v) is 7.56. The third-order valence-corrected chi connectivity index (χ3v) is 4.34. The van der Waals surface area contributed by atoms with Crippen molar-refractivity contribution in [2.24, 2.45) is 0 Å². The molecule has 0 aromatic heterocycles. The van der Waals surface area contributed by atoms with Gasteiger partial charge in [-0.1, -0.05) is 65.7 Å². The predicted molar refractivity (Wildman–Crippen MR) is 91.3 cm³/mol. The molecule has 3 aromatic rings. The van der Waals surface area contributed by atoms with Gasteiger partial charge in [-0.2, -0.15) is 0 Å². The molecule has 1 nitrogen and oxygen atoms in total. The highest BCUT2D eigenvalue weighted by Gasteiger charge is 2.18. The number of fused-ring (bicyclic) bond motifs is 1. The maximum atomic E-state index is 6.35. The molecule has 0 radical (unpaired) electrons. The van der Waals surface area contributed by atoms with Gasteiger partial charge in [-0.15, -0.1) is 0 Å². The van der Waals surface area contributed by atoms with E-state index in [9.17, 15) is 0 Å². The smallest absolute Gasteiger partial charge is 0.0604 e. The van der Waals surface area contributed by atoms with Crippen LogP contribution in [0, 0.1) is 0 Å². The second-order valence-electron chi connectivity index (χ2n) is 4.96. The fourth-order valence-electron chi connectivity index (χ4n) is 2.65. The van der Waals surface area contributed by atoms with Crippen molar-refractivity contribution >= 4 is 34.0 Å². The van der Waals surface area contributed by atoms with Crippen LogP contribution < -0.4 is 5.32 Å². The van der Waals surface area contributed by atoms with E-state index in [1.807, 2.05) is 37.4 Å². The Hall–Kier alpha value is -1.54. The zero-order chi connectivity index (χ0) is 14.8. The zero-order valence-corrected chi connectivity index (χ0v) is 13.1. The van der Waals surface area contributed by atoms with Crippen LogP contribution in [-0.2, 0) is 0 Å². The number of benzene rings is 3. The lowest BCUT2D eigenvalue weighted by Gasteiger charge is -2.20. The molecule has 0 fully saturated rings. The molecule has 0 heterocycles. The lowest BCUT2D eigenvalue weighted by Crippen LogP contribution is -2.18. The van der Waals surface area contributed by atoms with Gasteiger partial charge in [0.05, 0.1) is 6.04 Å². The summed E-state index contributed by atoms with van der Waals surface area (Å²) in [6, 6.07) is 20.3. The summed E-state index contributed by atoms with van der Waals surface area (Å²) in [4.78, 5) is 0. The van der Waals surface area contributed by atoms with Crippen molar-refractivity contribution in [1.29, 1.82) is 0 Å². The molecule has 106 valence electrons. The van der Waals surface area contributed by atoms with Gasteiger partial charge in [-0.25, -0.2) is 0 Å². The molecule has 3 aromatic carbocycles. The second kappa shape index (κ2) is 6.07. The summed E-state index contributed by atoms with van der Waals surface area (Å²) in [5.41, 5.74) is 2.06. The van der Waals surface area contributed by atoms with Crippen LogP contribution in [0.25, 0.3) is 10.8 Å². The van der Waals surface area contributed by atoms with Crippen LogP contribution in [0.2, 0.25) is 10.0 Å². The molecule has 0 bridgehead atoms. The average Bonchev–Trinajstić information content (AvgIpc) is 2.50. The monoisotopic (exact) mass is 315 g/mol. The predicted octanol–water partition coefficient (Wildman–Crippen LogP) is 5.46. The maximum absolute atomic E-state index is 6.35. The van der Waals surface area contributed by atoms with Gasteiger partial charge in [-0.3, -0.25) is 0 Å². The van der Waals surface area contributed by atoms with E-state index in [1.54, 1.807) is 0 Å². The Bertz CT molecular complexity index is 763. The van der Waals surface area contributed by atoms with Crippen LogP contribution in [0.1, 0.15) is 17.2 Å². The maximum Gasteiger partial charge on any atom is 0.0604 e. The molecule has 0 saturated heterocycles. The number of hydrogen-bond acceptors (Lipinski definition) is 1. The van der Waals surface area contributed by atoms with Gasteiger partial charge in [-0.05, 0) is 41.6 Å². The number of hydrogen-bond donors (Lipinski definition) is 1. The Kier molecular flexibility index (Phi) is 4.16. The summed E-state index contributed by atoms with van der Waals surface area (Å²) in [7, 11) is 1.92. The molecule has 0 aliphatic carbocycles. The van der Waals surface area contributed by atoms with E-state index in [1.165, 1.54) is 10.8 Å². The van der Waals surface area contributed by atoms with E-state index in [-0.39, 0.29) is 6.04 Å². The highest BCUT2D eigenvalue weighted by Crippen LogP contribution is 2.34. The quantitative estimate of drug-likeness (QED) is 0.677. The van der Waals surface area contributed by atoms with Crippen LogP contribution in [0.4, 0.5) is 0 Å². The van der Waals surface area contributed by atoms with Gasteiger partial charge in [0.2, 0.25) is 0 Å². The minimum atomic E-state index is -0.0317. The van der Waals surface area contributed by atoms with E-state index in [2.05, 4.69) is 35.6 Å². The average molecular weight is 316 g/mol. The summed E-state index contributed by atoms with van der Waals surface area (Å²) in [6.45, 7) is 0. The van der Waals surface area contributed by atoms with Crippen molar-refractivity contribution in [2.45, 2.75) is 6.04 Å². The van der Waals surface area contributed by atoms with Crippen LogP contribution in [0.15, 0.2) is 60.7 Å². The molecule has 3 rings (SSSR count). The molecule has 0 aliphatic heterocycles. The molecule has 0 saturated carbocycles. The molecule has 3 heteroatoms. The molecule has 0 aliphatic rings. The topological polar surface area (TPSA) is 12.0 Å². The van der Waals surface area contributed by atoms with Gasteiger partial charge >= 0.3 is 0 Å². The van der Waals surface area contributed by atoms with Crippen molar-refractivity contribution in [3.8, 4) is 0 Å². The first kappa shape index (κ1) is 14.4. The molecular weight excluding hydrogens is 301 g/mol. The number of rotatable bonds is 3. The van der Waals surface area contributed by atoms with Gasteiger partial charge < -0.3 is 5.32 Å². The molecular formula is C18H15Cl2N. The fraction of sp³-hybridized carbons (Fsp3) is 0.111. The van der Waals surface area contributed by atoms with E-state index >= 15 is 0 Å². The summed E-state index contributed by atoms with van der Waals surface area (Å²) in [6.07, 6.45) is 0. The highest BCUT2D eigenvalue weighted by atomic mass is 35.5. The molecule has 0 amide bonds. The van der Waals surface area contributed by atoms with Crippen molar-refractivity contribution in [3.63, 3.8) is 0 Å². The Balaban J connectivity index is 2.14. The standard InChI is InChI=1S/C18H15Cl2N/c1-21-18(17-15(19)7-4-8-16(17)20)14-10-9-12-5-2-3-6-13(12)11-14/h2-11,18,21H,1H3. The summed E-state index contributed by atoms with van der Waals surface area (Å²) < 4.78 is 0. The van der Waals surface area contributed by atoms with Crippen molar-refractivity contribution < 1.29 is 0 Å². The van der Waals surface area contributed by atoms with E-state index in [4.69, 9.17) is 23.2 Å². The highest BCUT2D eigenvalue weighted by molar-refractivity contribution is 6.36. The molecule has 0 spiro atoms. The van der Waals surface area contributed by atoms with Crippen LogP contribution in [0.3, 0.4) is 0 Å². The summed E-state index contributed by atoms with van der Waals surface area (Å²) in [5.74, 6) is 0. The number of nitrogens with one attached hydrogen (secondary N) is 1. The second-order valence-corrected chi connectivity index (χ2v) is 5.78. The van der Waals surface area contributed by atoms with E-state index < -0.39 is 0 Å². The Morgan fingerprint density at radius 2 is 1.48 bits per heavy atom. The minimum absolute atomic E-state index is 0.0317. The van der Waals surface area contributed by atoms with E-state index in [0.717, 1.165) is 11.1 Å². The van der Waals surface area contributed by atoms with Crippen LogP contribution in [-0.4, -0.2) is 7.05 Å². The van der Waals surface area contributed by atoms with Gasteiger partial charge in [0.15, 0.2) is 0 Å². The van der Waals surface area contributed by atoms with Crippen molar-refractivity contribution in [2.75, 3.05) is 7.05 Å². The van der Waals surface area contributed by atoms with Gasteiger partial charge in [0.25, 0.3) is 0 Å². The fourth-order valence-corrected chi connectivity index (χ4v) is 3.27. The molecule has 1 unspecified atom stereocenters. The minimum Gasteiger partial charge on any atom is -0.309 e. The third-order valence-electron chi connectivity index (χ3n) is 3.68. The van der Waals surface area contributed by atoms with Crippen molar-refractivity contribution in [1.82, 2.24) is 5.32 Å². The Labute approximate surface area is 134 Å². The first-order valence-electron chi connectivity index (χ1n) is 6.80. The molecule has 1 atom stereocenters. The van der Waals surface area contributed by atoms with Gasteiger partial charge in [0.1, 0.15) is 0 Å². The van der Waals surface area contributed by atoms with Crippen LogP contribution >= 0.6 is 23.2 Å². The van der Waals surface area contributed by atoms with Crippen molar-refractivity contribution in [3.05, 3.63) is 81.8 Å². The number of halogens is 2. The Morgan fingerprint density at radius 1 is 0.810 bits per heavy atom. The van der Waals surface area contributed by atoms with Gasteiger partial charge in [0, 0.05) is 15.6 Å². The summed E-state index contributed by atoms with van der Waals surface area (Å²) in [5, 5.41) is 7.09. The van der Waals surface area contributed by atoms with Crippen LogP contribution in [0.5, 0.6) is 0 Å². The SMILES string of the molecule is CNC(c1ccc2ccccc2c1)c1c(Cl)cccc1Cl. The normalized spacial score (nSPS) is 12.5. The first-order chi connectivity index (χ1) is 10.2. The molecule has 21 heavy (non-hydrogen) atoms.